The van der Waals surface area contributed by atoms with Crippen molar-refractivity contribution >= 4 is 11.8 Å². The number of azide groups is 2. The molecule has 1 rings (SSSR count). The first-order valence-corrected chi connectivity index (χ1v) is 4.96. The number of hydrogen-bond acceptors (Lipinski definition) is 3. The van der Waals surface area contributed by atoms with Crippen molar-refractivity contribution in [2.45, 2.75) is 25.9 Å². The standard InChI is InChI=1S/C9H10N6O3/c1-5-3-9(7(16)12-14-10,8(17)13-15-11)18-4-6(5)2/h3-4H2,1-2H3. The van der Waals surface area contributed by atoms with Gasteiger partial charge >= 0.3 is 0 Å². The van der Waals surface area contributed by atoms with Gasteiger partial charge in [-0.1, -0.05) is 5.57 Å². The first kappa shape index (κ1) is 13.7. The van der Waals surface area contributed by atoms with E-state index in [1.165, 1.54) is 0 Å². The largest absolute Gasteiger partial charge is 0.354 e. The molecule has 0 aromatic rings. The third kappa shape index (κ3) is 2.33. The second-order valence-electron chi connectivity index (χ2n) is 3.84. The van der Waals surface area contributed by atoms with E-state index in [2.05, 4.69) is 20.1 Å². The van der Waals surface area contributed by atoms with Crippen molar-refractivity contribution < 1.29 is 14.3 Å². The zero-order valence-electron chi connectivity index (χ0n) is 9.82. The van der Waals surface area contributed by atoms with E-state index in [0.29, 0.717) is 0 Å². The number of ether oxygens (including phenoxy) is 1. The second-order valence-corrected chi connectivity index (χ2v) is 3.84. The summed E-state index contributed by atoms with van der Waals surface area (Å²) in [6.45, 7) is 3.54. The Hall–Kier alpha value is -2.34. The van der Waals surface area contributed by atoms with Gasteiger partial charge in [-0.05, 0) is 40.7 Å². The zero-order chi connectivity index (χ0) is 13.8. The van der Waals surface area contributed by atoms with Crippen molar-refractivity contribution in [2.75, 3.05) is 6.61 Å². The van der Waals surface area contributed by atoms with Crippen molar-refractivity contribution in [1.29, 1.82) is 0 Å². The fourth-order valence-corrected chi connectivity index (χ4v) is 1.54. The maximum atomic E-state index is 11.7. The van der Waals surface area contributed by atoms with Crippen LogP contribution in [-0.4, -0.2) is 24.0 Å². The number of carbonyl (C=O) groups is 2. The molecule has 1 heterocycles. The molecular formula is C9H10N6O3. The highest BCUT2D eigenvalue weighted by molar-refractivity contribution is 6.09. The molecule has 2 amide bonds. The minimum absolute atomic E-state index is 0.0329. The van der Waals surface area contributed by atoms with Crippen LogP contribution in [0.2, 0.25) is 0 Å². The van der Waals surface area contributed by atoms with Gasteiger partial charge in [0.05, 0.1) is 6.61 Å². The molecule has 0 aliphatic carbocycles. The van der Waals surface area contributed by atoms with Gasteiger partial charge < -0.3 is 4.74 Å². The summed E-state index contributed by atoms with van der Waals surface area (Å²) < 4.78 is 5.19. The van der Waals surface area contributed by atoms with E-state index in [0.717, 1.165) is 11.1 Å². The Morgan fingerprint density at radius 1 is 1.17 bits per heavy atom. The fraction of sp³-hybridized carbons (Fsp3) is 0.556. The predicted molar refractivity (Wildman–Crippen MR) is 60.0 cm³/mol. The molecule has 0 radical (unpaired) electrons. The lowest BCUT2D eigenvalue weighted by Gasteiger charge is -2.32. The molecule has 1 aliphatic heterocycles. The van der Waals surface area contributed by atoms with Gasteiger partial charge in [0.15, 0.2) is 0 Å². The van der Waals surface area contributed by atoms with Crippen LogP contribution in [0.4, 0.5) is 0 Å². The van der Waals surface area contributed by atoms with Crippen LogP contribution < -0.4 is 0 Å². The molecule has 0 N–H and O–H groups in total. The van der Waals surface area contributed by atoms with Crippen molar-refractivity contribution in [2.24, 2.45) is 10.2 Å². The SMILES string of the molecule is CC1=C(C)CC(C(=O)N=[N+]=[N-])(C(=O)N=[N+]=[N-])OC1. The highest BCUT2D eigenvalue weighted by Crippen LogP contribution is 2.31. The van der Waals surface area contributed by atoms with Crippen LogP contribution in [0, 0.1) is 0 Å². The van der Waals surface area contributed by atoms with Crippen LogP contribution in [0.3, 0.4) is 0 Å². The van der Waals surface area contributed by atoms with Gasteiger partial charge in [0.2, 0.25) is 5.60 Å². The van der Waals surface area contributed by atoms with Crippen LogP contribution in [0.5, 0.6) is 0 Å². The molecule has 0 atom stereocenters. The Bertz CT molecular complexity index is 494. The van der Waals surface area contributed by atoms with E-state index in [1.807, 2.05) is 0 Å². The van der Waals surface area contributed by atoms with Gasteiger partial charge in [0.1, 0.15) is 0 Å². The number of hydrogen-bond donors (Lipinski definition) is 0. The van der Waals surface area contributed by atoms with E-state index in [-0.39, 0.29) is 13.0 Å². The van der Waals surface area contributed by atoms with Gasteiger partial charge in [-0.3, -0.25) is 9.59 Å². The fourth-order valence-electron chi connectivity index (χ4n) is 1.54. The average Bonchev–Trinajstić information content (AvgIpc) is 2.33. The molecular weight excluding hydrogens is 240 g/mol. The third-order valence-electron chi connectivity index (χ3n) is 2.74. The topological polar surface area (TPSA) is 141 Å². The van der Waals surface area contributed by atoms with Gasteiger partial charge in [0.25, 0.3) is 11.8 Å². The lowest BCUT2D eigenvalue weighted by atomic mass is 9.88. The predicted octanol–water partition coefficient (Wildman–Crippen LogP) is 2.16. The minimum atomic E-state index is -2.03. The summed E-state index contributed by atoms with van der Waals surface area (Å²) >= 11 is 0. The summed E-state index contributed by atoms with van der Waals surface area (Å²) in [6.07, 6.45) is -0.0888. The van der Waals surface area contributed by atoms with Crippen molar-refractivity contribution in [3.8, 4) is 0 Å². The minimum Gasteiger partial charge on any atom is -0.354 e. The Kier molecular flexibility index (Phi) is 4.06. The normalized spacial score (nSPS) is 22.8. The van der Waals surface area contributed by atoms with E-state index in [4.69, 9.17) is 15.8 Å². The van der Waals surface area contributed by atoms with Gasteiger partial charge in [0, 0.05) is 16.2 Å². The Morgan fingerprint density at radius 2 is 1.67 bits per heavy atom. The molecule has 9 nitrogen and oxygen atoms in total. The number of amides is 2. The molecule has 0 unspecified atom stereocenters. The summed E-state index contributed by atoms with van der Waals surface area (Å²) in [6, 6.07) is 0. The number of carbonyl (C=O) groups excluding carboxylic acids is 2. The smallest absolute Gasteiger partial charge is 0.258 e. The van der Waals surface area contributed by atoms with Crippen molar-refractivity contribution in [1.82, 2.24) is 0 Å². The van der Waals surface area contributed by atoms with Crippen LogP contribution in [0.1, 0.15) is 20.3 Å². The summed E-state index contributed by atoms with van der Waals surface area (Å²) in [4.78, 5) is 28.1. The van der Waals surface area contributed by atoms with Gasteiger partial charge in [-0.15, -0.1) is 0 Å². The molecule has 0 spiro atoms. The number of rotatable bonds is 2. The van der Waals surface area contributed by atoms with E-state index >= 15 is 0 Å². The first-order chi connectivity index (χ1) is 8.47. The van der Waals surface area contributed by atoms with Crippen LogP contribution in [0.15, 0.2) is 21.4 Å². The lowest BCUT2D eigenvalue weighted by Crippen LogP contribution is -2.50. The Balaban J connectivity index is 3.28. The molecule has 9 heteroatoms. The molecule has 0 aromatic heterocycles. The highest BCUT2D eigenvalue weighted by Gasteiger charge is 2.47. The molecule has 94 valence electrons. The maximum absolute atomic E-state index is 11.7. The zero-order valence-corrected chi connectivity index (χ0v) is 9.82. The summed E-state index contributed by atoms with van der Waals surface area (Å²) in [7, 11) is 0. The van der Waals surface area contributed by atoms with E-state index < -0.39 is 17.4 Å². The van der Waals surface area contributed by atoms with Crippen LogP contribution >= 0.6 is 0 Å². The summed E-state index contributed by atoms with van der Waals surface area (Å²) in [5.41, 5.74) is 16.1. The molecule has 0 saturated carbocycles. The lowest BCUT2D eigenvalue weighted by molar-refractivity contribution is -0.157. The monoisotopic (exact) mass is 250 g/mol. The highest BCUT2D eigenvalue weighted by atomic mass is 16.5. The summed E-state index contributed by atoms with van der Waals surface area (Å²) in [5, 5.41) is 5.75. The van der Waals surface area contributed by atoms with Crippen LogP contribution in [-0.2, 0) is 14.3 Å². The van der Waals surface area contributed by atoms with Crippen molar-refractivity contribution in [3.63, 3.8) is 0 Å². The van der Waals surface area contributed by atoms with E-state index in [1.54, 1.807) is 13.8 Å². The Labute approximate surface area is 102 Å². The van der Waals surface area contributed by atoms with Gasteiger partial charge in [-0.25, -0.2) is 0 Å². The Morgan fingerprint density at radius 3 is 2.06 bits per heavy atom. The van der Waals surface area contributed by atoms with Gasteiger partial charge in [-0.2, -0.15) is 0 Å². The summed E-state index contributed by atoms with van der Waals surface area (Å²) in [5.74, 6) is -2.21. The van der Waals surface area contributed by atoms with Crippen molar-refractivity contribution in [3.05, 3.63) is 32.0 Å². The van der Waals surface area contributed by atoms with Crippen LogP contribution in [0.25, 0.3) is 20.9 Å². The molecule has 0 bridgehead atoms. The number of nitrogens with zero attached hydrogens (tertiary/aromatic N) is 6. The third-order valence-corrected chi connectivity index (χ3v) is 2.74. The van der Waals surface area contributed by atoms with E-state index in [9.17, 15) is 9.59 Å². The molecule has 0 aromatic carbocycles. The molecule has 18 heavy (non-hydrogen) atoms. The average molecular weight is 250 g/mol. The quantitative estimate of drug-likeness (QED) is 0.243. The second kappa shape index (κ2) is 5.33. The molecule has 0 saturated heterocycles. The first-order valence-electron chi connectivity index (χ1n) is 4.96. The molecule has 1 aliphatic rings. The maximum Gasteiger partial charge on any atom is 0.258 e. The molecule has 0 fully saturated rings.